The van der Waals surface area contributed by atoms with E-state index in [0.717, 1.165) is 11.3 Å². The molecule has 0 aliphatic rings. The summed E-state index contributed by atoms with van der Waals surface area (Å²) in [5.41, 5.74) is 3.46. The van der Waals surface area contributed by atoms with Crippen LogP contribution < -0.4 is 0 Å². The lowest BCUT2D eigenvalue weighted by atomic mass is 9.98. The van der Waals surface area contributed by atoms with Crippen LogP contribution in [0.2, 0.25) is 0 Å². The maximum absolute atomic E-state index is 3.82. The van der Waals surface area contributed by atoms with Crippen LogP contribution in [0, 0.1) is 0 Å². The molecule has 1 aromatic carbocycles. The molecule has 0 bridgehead atoms. The fourth-order valence-electron chi connectivity index (χ4n) is 1.50. The predicted octanol–water partition coefficient (Wildman–Crippen LogP) is 1.25. The van der Waals surface area contributed by atoms with Crippen molar-refractivity contribution in [1.82, 2.24) is 4.72 Å². The molecule has 15 heavy (non-hydrogen) atoms. The Morgan fingerprint density at radius 3 is 2.40 bits per heavy atom. The van der Waals surface area contributed by atoms with Crippen LogP contribution in [0.5, 0.6) is 0 Å². The summed E-state index contributed by atoms with van der Waals surface area (Å²) in [6, 6.07) is 8.19. The highest BCUT2D eigenvalue weighted by Crippen LogP contribution is 2.21. The van der Waals surface area contributed by atoms with Crippen molar-refractivity contribution in [1.29, 1.82) is 0 Å². The Morgan fingerprint density at radius 2 is 1.87 bits per heavy atom. The Hall–Kier alpha value is -1.63. The van der Waals surface area contributed by atoms with Crippen molar-refractivity contribution in [2.24, 2.45) is 0 Å². The van der Waals surface area contributed by atoms with Gasteiger partial charge in [-0.15, -0.1) is 0 Å². The van der Waals surface area contributed by atoms with Crippen LogP contribution in [-0.4, -0.2) is 20.7 Å². The second kappa shape index (κ2) is 5.30. The first-order chi connectivity index (χ1) is 7.20. The lowest BCUT2D eigenvalue weighted by Crippen LogP contribution is -2.14. The van der Waals surface area contributed by atoms with Crippen LogP contribution in [0.1, 0.15) is 11.1 Å². The normalized spacial score (nSPS) is 10.8. The van der Waals surface area contributed by atoms with E-state index in [4.69, 9.17) is 0 Å². The summed E-state index contributed by atoms with van der Waals surface area (Å²) in [5, 5.41) is 0. The van der Waals surface area contributed by atoms with Crippen molar-refractivity contribution in [2.75, 3.05) is 0 Å². The molecule has 0 saturated heterocycles. The summed E-state index contributed by atoms with van der Waals surface area (Å²) < 4.78 is 2.07. The van der Waals surface area contributed by atoms with Gasteiger partial charge in [-0.05, 0) is 11.6 Å². The third kappa shape index (κ3) is 2.66. The van der Waals surface area contributed by atoms with Gasteiger partial charge in [0.25, 0.3) is 0 Å². The van der Waals surface area contributed by atoms with Gasteiger partial charge in [0, 0.05) is 11.3 Å². The first-order valence-electron chi connectivity index (χ1n) is 4.92. The Labute approximate surface area is 93.7 Å². The minimum Gasteiger partial charge on any atom is -0.472 e. The minimum atomic E-state index is 1.14. The number of hydrogen-bond acceptors (Lipinski definition) is 1. The molecule has 1 aromatic rings. The summed E-state index contributed by atoms with van der Waals surface area (Å²) in [4.78, 5) is 0. The summed E-state index contributed by atoms with van der Waals surface area (Å²) in [6.07, 6.45) is 5.67. The Morgan fingerprint density at radius 1 is 1.20 bits per heavy atom. The largest absolute Gasteiger partial charge is 0.472 e. The molecular formula is C12H15B2N. The predicted molar refractivity (Wildman–Crippen MR) is 73.6 cm³/mol. The third-order valence-corrected chi connectivity index (χ3v) is 2.21. The fraction of sp³-hybridized carbons (Fsp3) is 0. The third-order valence-electron chi connectivity index (χ3n) is 2.21. The standard InChI is InChI=1S/C12H15B2N/c1-3-7-12(15(13)14)11-9-6-5-8-10(11)4-2/h3-9H,1-2,13-14H2/b12-7+. The average molecular weight is 195 g/mol. The molecule has 0 N–H and O–H groups in total. The van der Waals surface area contributed by atoms with Gasteiger partial charge < -0.3 is 4.72 Å². The summed E-state index contributed by atoms with van der Waals surface area (Å²) >= 11 is 0. The lowest BCUT2D eigenvalue weighted by Gasteiger charge is -2.20. The Bertz CT molecular complexity index is 394. The smallest absolute Gasteiger partial charge is 0.202 e. The topological polar surface area (TPSA) is 3.24 Å². The van der Waals surface area contributed by atoms with Crippen molar-refractivity contribution in [3.8, 4) is 0 Å². The molecule has 74 valence electrons. The van der Waals surface area contributed by atoms with Gasteiger partial charge in [-0.1, -0.05) is 49.6 Å². The number of benzene rings is 1. The fourth-order valence-corrected chi connectivity index (χ4v) is 1.50. The molecule has 0 radical (unpaired) electrons. The number of hydrogen-bond donors (Lipinski definition) is 0. The maximum Gasteiger partial charge on any atom is 0.202 e. The van der Waals surface area contributed by atoms with Crippen molar-refractivity contribution >= 4 is 27.7 Å². The summed E-state index contributed by atoms with van der Waals surface area (Å²) in [7, 11) is 4.05. The molecule has 0 fully saturated rings. The van der Waals surface area contributed by atoms with Gasteiger partial charge in [0.2, 0.25) is 16.0 Å². The summed E-state index contributed by atoms with van der Waals surface area (Å²) in [5.74, 6) is 0. The van der Waals surface area contributed by atoms with Gasteiger partial charge in [0.1, 0.15) is 0 Å². The van der Waals surface area contributed by atoms with Crippen LogP contribution in [0.15, 0.2) is 49.6 Å². The Balaban J connectivity index is 3.28. The molecule has 0 amide bonds. The second-order valence-corrected chi connectivity index (χ2v) is 3.47. The van der Waals surface area contributed by atoms with E-state index in [9.17, 15) is 0 Å². The van der Waals surface area contributed by atoms with Gasteiger partial charge in [-0.25, -0.2) is 0 Å². The van der Waals surface area contributed by atoms with E-state index in [2.05, 4.69) is 30.0 Å². The minimum absolute atomic E-state index is 1.14. The highest BCUT2D eigenvalue weighted by Gasteiger charge is 2.05. The van der Waals surface area contributed by atoms with E-state index in [1.807, 2.05) is 40.2 Å². The molecule has 0 atom stereocenters. The van der Waals surface area contributed by atoms with E-state index >= 15 is 0 Å². The SMILES string of the molecule is BN(B)/C(=C/C=C)c1ccccc1C=C. The van der Waals surface area contributed by atoms with Crippen molar-refractivity contribution in [2.45, 2.75) is 0 Å². The molecule has 3 heteroatoms. The van der Waals surface area contributed by atoms with E-state index in [0.29, 0.717) is 0 Å². The van der Waals surface area contributed by atoms with Crippen LogP contribution in [0.25, 0.3) is 11.8 Å². The zero-order valence-electron chi connectivity index (χ0n) is 9.40. The van der Waals surface area contributed by atoms with Crippen molar-refractivity contribution < 1.29 is 0 Å². The highest BCUT2D eigenvalue weighted by atomic mass is 14.9. The molecule has 1 nitrogen and oxygen atoms in total. The molecule has 0 unspecified atom stereocenters. The van der Waals surface area contributed by atoms with E-state index in [1.165, 1.54) is 5.56 Å². The van der Waals surface area contributed by atoms with Gasteiger partial charge in [0.05, 0.1) is 0 Å². The first-order valence-corrected chi connectivity index (χ1v) is 4.92. The molecule has 1 rings (SSSR count). The summed E-state index contributed by atoms with van der Waals surface area (Å²) in [6.45, 7) is 7.56. The highest BCUT2D eigenvalue weighted by molar-refractivity contribution is 6.30. The molecule has 0 spiro atoms. The molecule has 0 aromatic heterocycles. The quantitative estimate of drug-likeness (QED) is 0.516. The van der Waals surface area contributed by atoms with E-state index in [-0.39, 0.29) is 0 Å². The van der Waals surface area contributed by atoms with Crippen LogP contribution in [0.3, 0.4) is 0 Å². The van der Waals surface area contributed by atoms with Crippen LogP contribution >= 0.6 is 0 Å². The molecule has 0 aliphatic carbocycles. The van der Waals surface area contributed by atoms with Gasteiger partial charge in [-0.2, -0.15) is 0 Å². The van der Waals surface area contributed by atoms with Gasteiger partial charge >= 0.3 is 0 Å². The van der Waals surface area contributed by atoms with E-state index < -0.39 is 0 Å². The number of rotatable bonds is 4. The van der Waals surface area contributed by atoms with E-state index in [1.54, 1.807) is 6.08 Å². The van der Waals surface area contributed by atoms with Gasteiger partial charge in [0.15, 0.2) is 0 Å². The molecule has 0 saturated carbocycles. The average Bonchev–Trinajstić information content (AvgIpc) is 2.25. The molecule has 0 heterocycles. The van der Waals surface area contributed by atoms with Crippen molar-refractivity contribution in [3.63, 3.8) is 0 Å². The van der Waals surface area contributed by atoms with Crippen molar-refractivity contribution in [3.05, 3.63) is 60.7 Å². The first kappa shape index (κ1) is 11.4. The zero-order valence-corrected chi connectivity index (χ0v) is 9.40. The second-order valence-electron chi connectivity index (χ2n) is 3.47. The molecule has 0 aliphatic heterocycles. The maximum atomic E-state index is 3.82. The van der Waals surface area contributed by atoms with Gasteiger partial charge in [-0.3, -0.25) is 0 Å². The lowest BCUT2D eigenvalue weighted by molar-refractivity contribution is 1.02. The monoisotopic (exact) mass is 195 g/mol. The number of allylic oxidation sites excluding steroid dienone is 2. The van der Waals surface area contributed by atoms with Crippen LogP contribution in [0.4, 0.5) is 0 Å². The molecular weight excluding hydrogens is 180 g/mol. The van der Waals surface area contributed by atoms with Crippen LogP contribution in [-0.2, 0) is 0 Å². The Kier molecular flexibility index (Phi) is 4.04. The number of nitrogens with zero attached hydrogens (tertiary/aromatic N) is 1. The zero-order chi connectivity index (χ0) is 11.3.